The second kappa shape index (κ2) is 7.34. The molecule has 0 bridgehead atoms. The summed E-state index contributed by atoms with van der Waals surface area (Å²) < 4.78 is 0. The summed E-state index contributed by atoms with van der Waals surface area (Å²) in [4.78, 5) is 37.7. The van der Waals surface area contributed by atoms with Crippen molar-refractivity contribution in [1.29, 1.82) is 5.26 Å². The highest BCUT2D eigenvalue weighted by Crippen LogP contribution is 2.16. The number of piperidine rings is 1. The molecule has 2 aliphatic rings. The van der Waals surface area contributed by atoms with Crippen molar-refractivity contribution < 1.29 is 14.4 Å². The highest BCUT2D eigenvalue weighted by atomic mass is 16.2. The van der Waals surface area contributed by atoms with E-state index in [0.29, 0.717) is 49.9 Å². The molecule has 1 atom stereocenters. The van der Waals surface area contributed by atoms with Gasteiger partial charge in [0.05, 0.1) is 11.6 Å². The summed E-state index contributed by atoms with van der Waals surface area (Å²) in [5, 5.41) is 14.6. The summed E-state index contributed by atoms with van der Waals surface area (Å²) in [6, 6.07) is 8.21. The molecular weight excluding hydrogens is 320 g/mol. The monoisotopic (exact) mass is 340 g/mol. The number of likely N-dealkylation sites (tertiary alicyclic amines) is 1. The minimum atomic E-state index is -0.396. The predicted molar refractivity (Wildman–Crippen MR) is 89.4 cm³/mol. The molecule has 2 aliphatic heterocycles. The Morgan fingerprint density at radius 3 is 2.64 bits per heavy atom. The number of amides is 3. The highest BCUT2D eigenvalue weighted by Gasteiger charge is 2.32. The zero-order chi connectivity index (χ0) is 17.8. The van der Waals surface area contributed by atoms with Crippen LogP contribution < -0.4 is 10.6 Å². The Balaban J connectivity index is 1.50. The molecule has 1 aromatic carbocycles. The maximum absolute atomic E-state index is 12.4. The molecule has 2 N–H and O–H groups in total. The lowest BCUT2D eigenvalue weighted by Gasteiger charge is -2.33. The van der Waals surface area contributed by atoms with Gasteiger partial charge < -0.3 is 15.5 Å². The lowest BCUT2D eigenvalue weighted by molar-refractivity contribution is -0.135. The van der Waals surface area contributed by atoms with Crippen LogP contribution >= 0.6 is 0 Å². The second-order valence-electron chi connectivity index (χ2n) is 6.42. The number of nitriles is 1. The van der Waals surface area contributed by atoms with Crippen LogP contribution in [0.1, 0.15) is 41.6 Å². The molecule has 7 nitrogen and oxygen atoms in total. The highest BCUT2D eigenvalue weighted by molar-refractivity contribution is 5.94. The van der Waals surface area contributed by atoms with Crippen molar-refractivity contribution in [3.63, 3.8) is 0 Å². The third-order valence-electron chi connectivity index (χ3n) is 4.69. The number of rotatable bonds is 3. The fourth-order valence-corrected chi connectivity index (χ4v) is 3.26. The first-order chi connectivity index (χ1) is 12.1. The fraction of sp³-hybridized carbons (Fsp3) is 0.444. The van der Waals surface area contributed by atoms with Crippen molar-refractivity contribution >= 4 is 17.7 Å². The van der Waals surface area contributed by atoms with Gasteiger partial charge in [0.15, 0.2) is 0 Å². The van der Waals surface area contributed by atoms with E-state index in [1.807, 2.05) is 6.07 Å². The molecule has 0 radical (unpaired) electrons. The van der Waals surface area contributed by atoms with E-state index in [4.69, 9.17) is 5.26 Å². The van der Waals surface area contributed by atoms with Crippen molar-refractivity contribution in [2.24, 2.45) is 0 Å². The summed E-state index contributed by atoms with van der Waals surface area (Å²) in [6.45, 7) is 1.13. The third-order valence-corrected chi connectivity index (χ3v) is 4.69. The van der Waals surface area contributed by atoms with Crippen LogP contribution in [0.15, 0.2) is 24.3 Å². The standard InChI is InChI=1S/C18H20N4O3/c19-11-12-2-1-3-13(10-12)17(24)20-14-6-8-22(9-7-14)18(25)15-4-5-16(23)21-15/h1-3,10,14-15H,4-9H2,(H,20,24)(H,21,23). The Hall–Kier alpha value is -2.88. The number of hydrogen-bond acceptors (Lipinski definition) is 4. The van der Waals surface area contributed by atoms with E-state index in [0.717, 1.165) is 0 Å². The van der Waals surface area contributed by atoms with Crippen LogP contribution in [0.4, 0.5) is 0 Å². The molecule has 0 aliphatic carbocycles. The maximum Gasteiger partial charge on any atom is 0.251 e. The Morgan fingerprint density at radius 2 is 2.00 bits per heavy atom. The molecule has 25 heavy (non-hydrogen) atoms. The Kier molecular flexibility index (Phi) is 4.98. The molecule has 3 rings (SSSR count). The predicted octanol–water partition coefficient (Wildman–Crippen LogP) is 0.558. The molecule has 1 aromatic rings. The van der Waals surface area contributed by atoms with Gasteiger partial charge in [0, 0.05) is 31.1 Å². The molecule has 2 heterocycles. The van der Waals surface area contributed by atoms with Gasteiger partial charge in [-0.3, -0.25) is 14.4 Å². The van der Waals surface area contributed by atoms with Crippen LogP contribution in [0.5, 0.6) is 0 Å². The average Bonchev–Trinajstić information content (AvgIpc) is 3.08. The van der Waals surface area contributed by atoms with Crippen LogP contribution in [0.3, 0.4) is 0 Å². The van der Waals surface area contributed by atoms with E-state index >= 15 is 0 Å². The second-order valence-corrected chi connectivity index (χ2v) is 6.42. The van der Waals surface area contributed by atoms with Gasteiger partial charge in [0.1, 0.15) is 6.04 Å². The van der Waals surface area contributed by atoms with Gasteiger partial charge in [-0.25, -0.2) is 0 Å². The third kappa shape index (κ3) is 3.97. The number of nitrogens with zero attached hydrogens (tertiary/aromatic N) is 2. The summed E-state index contributed by atoms with van der Waals surface area (Å²) in [7, 11) is 0. The van der Waals surface area contributed by atoms with E-state index in [-0.39, 0.29) is 23.8 Å². The van der Waals surface area contributed by atoms with Gasteiger partial charge in [0.25, 0.3) is 5.91 Å². The minimum absolute atomic E-state index is 0.000427. The number of benzene rings is 1. The van der Waals surface area contributed by atoms with Crippen molar-refractivity contribution in [2.75, 3.05) is 13.1 Å². The fourth-order valence-electron chi connectivity index (χ4n) is 3.26. The van der Waals surface area contributed by atoms with Crippen molar-refractivity contribution in [2.45, 2.75) is 37.8 Å². The Morgan fingerprint density at radius 1 is 1.24 bits per heavy atom. The van der Waals surface area contributed by atoms with Crippen LogP contribution in [0.2, 0.25) is 0 Å². The molecule has 2 fully saturated rings. The molecule has 0 aromatic heterocycles. The summed E-state index contributed by atoms with van der Waals surface area (Å²) in [6.07, 6.45) is 2.32. The summed E-state index contributed by atoms with van der Waals surface area (Å²) in [5.74, 6) is -0.303. The number of nitrogens with one attached hydrogen (secondary N) is 2. The molecule has 1 unspecified atom stereocenters. The first-order valence-corrected chi connectivity index (χ1v) is 8.46. The van der Waals surface area contributed by atoms with Crippen LogP contribution in [0, 0.1) is 11.3 Å². The zero-order valence-corrected chi connectivity index (χ0v) is 13.8. The number of carbonyl (C=O) groups excluding carboxylic acids is 3. The van der Waals surface area contributed by atoms with E-state index in [1.54, 1.807) is 29.2 Å². The van der Waals surface area contributed by atoms with Crippen molar-refractivity contribution in [3.05, 3.63) is 35.4 Å². The van der Waals surface area contributed by atoms with Gasteiger partial charge in [-0.1, -0.05) is 6.07 Å². The van der Waals surface area contributed by atoms with Crippen molar-refractivity contribution in [1.82, 2.24) is 15.5 Å². The van der Waals surface area contributed by atoms with Crippen molar-refractivity contribution in [3.8, 4) is 6.07 Å². The normalized spacial score (nSPS) is 20.7. The molecule has 7 heteroatoms. The van der Waals surface area contributed by atoms with Gasteiger partial charge in [-0.05, 0) is 37.5 Å². The quantitative estimate of drug-likeness (QED) is 0.839. The Labute approximate surface area is 146 Å². The summed E-state index contributed by atoms with van der Waals surface area (Å²) in [5.41, 5.74) is 0.915. The molecule has 130 valence electrons. The zero-order valence-electron chi connectivity index (χ0n) is 13.8. The number of carbonyl (C=O) groups is 3. The number of hydrogen-bond donors (Lipinski definition) is 2. The van der Waals surface area contributed by atoms with Crippen LogP contribution in [-0.4, -0.2) is 47.8 Å². The molecule has 3 amide bonds. The molecule has 2 saturated heterocycles. The van der Waals surface area contributed by atoms with Gasteiger partial charge in [-0.15, -0.1) is 0 Å². The van der Waals surface area contributed by atoms with E-state index < -0.39 is 6.04 Å². The van der Waals surface area contributed by atoms with Gasteiger partial charge >= 0.3 is 0 Å². The lowest BCUT2D eigenvalue weighted by Crippen LogP contribution is -2.51. The average molecular weight is 340 g/mol. The molecule has 0 saturated carbocycles. The van der Waals surface area contributed by atoms with Gasteiger partial charge in [-0.2, -0.15) is 5.26 Å². The SMILES string of the molecule is N#Cc1cccc(C(=O)NC2CCN(C(=O)C3CCC(=O)N3)CC2)c1. The van der Waals surface area contributed by atoms with Crippen LogP contribution in [-0.2, 0) is 9.59 Å². The topological polar surface area (TPSA) is 102 Å². The summed E-state index contributed by atoms with van der Waals surface area (Å²) >= 11 is 0. The first kappa shape index (κ1) is 17.0. The first-order valence-electron chi connectivity index (χ1n) is 8.46. The van der Waals surface area contributed by atoms with Gasteiger partial charge in [0.2, 0.25) is 11.8 Å². The maximum atomic E-state index is 12.4. The smallest absolute Gasteiger partial charge is 0.251 e. The minimum Gasteiger partial charge on any atom is -0.349 e. The largest absolute Gasteiger partial charge is 0.349 e. The molecule has 0 spiro atoms. The molecular formula is C18H20N4O3. The van der Waals surface area contributed by atoms with E-state index in [2.05, 4.69) is 10.6 Å². The van der Waals surface area contributed by atoms with Crippen LogP contribution in [0.25, 0.3) is 0 Å². The van der Waals surface area contributed by atoms with E-state index in [9.17, 15) is 14.4 Å². The lowest BCUT2D eigenvalue weighted by atomic mass is 10.0. The van der Waals surface area contributed by atoms with E-state index in [1.165, 1.54) is 0 Å². The Bertz CT molecular complexity index is 732.